The van der Waals surface area contributed by atoms with Gasteiger partial charge in [-0.2, -0.15) is 13.2 Å². The molecule has 2 rings (SSSR count). The van der Waals surface area contributed by atoms with Crippen LogP contribution < -0.4 is 5.32 Å². The highest BCUT2D eigenvalue weighted by Crippen LogP contribution is 2.35. The normalized spacial score (nSPS) is 19.9. The van der Waals surface area contributed by atoms with E-state index in [1.807, 2.05) is 0 Å². The predicted molar refractivity (Wildman–Crippen MR) is 86.6 cm³/mol. The summed E-state index contributed by atoms with van der Waals surface area (Å²) in [6, 6.07) is 4.36. The summed E-state index contributed by atoms with van der Waals surface area (Å²) in [5.41, 5.74) is -1.21. The Hall–Kier alpha value is -2.29. The van der Waals surface area contributed by atoms with Gasteiger partial charge in [-0.05, 0) is 31.5 Å². The van der Waals surface area contributed by atoms with Crippen LogP contribution in [0.2, 0.25) is 0 Å². The number of halogens is 3. The highest BCUT2D eigenvalue weighted by Gasteiger charge is 2.37. The number of aliphatic carboxylic acids is 1. The van der Waals surface area contributed by atoms with Crippen molar-refractivity contribution >= 4 is 12.0 Å². The molecule has 1 aliphatic rings. The number of carbonyl (C=O) groups is 2. The molecule has 1 unspecified atom stereocenters. The van der Waals surface area contributed by atoms with E-state index in [1.54, 1.807) is 13.8 Å². The number of alkyl halides is 3. The van der Waals surface area contributed by atoms with E-state index in [0.717, 1.165) is 12.1 Å². The maximum atomic E-state index is 12.9. The van der Waals surface area contributed by atoms with Gasteiger partial charge in [0.2, 0.25) is 0 Å². The van der Waals surface area contributed by atoms with E-state index >= 15 is 0 Å². The molecule has 2 amide bonds. The fourth-order valence-electron chi connectivity index (χ4n) is 2.82. The lowest BCUT2D eigenvalue weighted by Gasteiger charge is -2.43. The van der Waals surface area contributed by atoms with Gasteiger partial charge in [-0.15, -0.1) is 0 Å². The van der Waals surface area contributed by atoms with E-state index in [0.29, 0.717) is 5.56 Å². The molecule has 1 fully saturated rings. The molecule has 1 aliphatic heterocycles. The molecule has 1 aromatic rings. The molecular weight excluding hydrogens is 353 g/mol. The molecule has 0 aromatic heterocycles. The fourth-order valence-corrected chi connectivity index (χ4v) is 2.82. The molecule has 26 heavy (non-hydrogen) atoms. The van der Waals surface area contributed by atoms with Gasteiger partial charge in [0.25, 0.3) is 0 Å². The number of morpholine rings is 1. The van der Waals surface area contributed by atoms with E-state index in [1.165, 1.54) is 17.0 Å². The van der Waals surface area contributed by atoms with Gasteiger partial charge in [-0.25, -0.2) is 4.79 Å². The minimum atomic E-state index is -4.46. The number of carboxylic acids is 1. The lowest BCUT2D eigenvalue weighted by Crippen LogP contribution is -2.54. The summed E-state index contributed by atoms with van der Waals surface area (Å²) < 4.78 is 44.7. The number of carboxylic acid groups (broad SMARTS) is 1. The summed E-state index contributed by atoms with van der Waals surface area (Å²) in [7, 11) is 0. The first-order valence-electron chi connectivity index (χ1n) is 8.07. The number of urea groups is 1. The molecule has 9 heteroatoms. The zero-order valence-electron chi connectivity index (χ0n) is 14.5. The Morgan fingerprint density at radius 1 is 1.38 bits per heavy atom. The Bertz CT molecular complexity index is 676. The van der Waals surface area contributed by atoms with Gasteiger partial charge in [0.15, 0.2) is 0 Å². The molecular formula is C17H21F3N2O4. The van der Waals surface area contributed by atoms with Crippen molar-refractivity contribution in [2.24, 2.45) is 0 Å². The number of benzene rings is 1. The fraction of sp³-hybridized carbons (Fsp3) is 0.529. The van der Waals surface area contributed by atoms with E-state index in [2.05, 4.69) is 5.32 Å². The minimum absolute atomic E-state index is 0.0276. The summed E-state index contributed by atoms with van der Waals surface area (Å²) in [6.07, 6.45) is -5.39. The van der Waals surface area contributed by atoms with Crippen molar-refractivity contribution in [2.45, 2.75) is 38.1 Å². The van der Waals surface area contributed by atoms with Crippen molar-refractivity contribution in [1.82, 2.24) is 10.2 Å². The molecule has 0 bridgehead atoms. The van der Waals surface area contributed by atoms with Crippen LogP contribution in [0.3, 0.4) is 0 Å². The van der Waals surface area contributed by atoms with Crippen LogP contribution in [0.5, 0.6) is 0 Å². The summed E-state index contributed by atoms with van der Waals surface area (Å²) in [6.45, 7) is 3.76. The van der Waals surface area contributed by atoms with Crippen LogP contribution in [0, 0.1) is 0 Å². The number of hydrogen-bond donors (Lipinski definition) is 2. The summed E-state index contributed by atoms with van der Waals surface area (Å²) in [5.74, 6) is -1.03. The lowest BCUT2D eigenvalue weighted by molar-refractivity contribution is -0.139. The van der Waals surface area contributed by atoms with Crippen LogP contribution >= 0.6 is 0 Å². The third kappa shape index (κ3) is 5.35. The number of hydrogen-bond acceptors (Lipinski definition) is 3. The smallest absolute Gasteiger partial charge is 0.416 e. The van der Waals surface area contributed by atoms with Crippen molar-refractivity contribution < 1.29 is 32.6 Å². The van der Waals surface area contributed by atoms with Crippen molar-refractivity contribution in [3.05, 3.63) is 35.4 Å². The number of rotatable bonds is 4. The van der Waals surface area contributed by atoms with Gasteiger partial charge in [0, 0.05) is 6.54 Å². The van der Waals surface area contributed by atoms with Crippen molar-refractivity contribution in [2.75, 3.05) is 19.6 Å². The standard InChI is InChI=1S/C17H21F3N2O4/c1-16(2)10-22(15(25)21-7-6-14(23)24)9-13(26-16)11-4-3-5-12(8-11)17(18,19)20/h3-5,8,13H,6-7,9-10H2,1-2H3,(H,21,25)(H,23,24). The van der Waals surface area contributed by atoms with Gasteiger partial charge >= 0.3 is 18.2 Å². The number of nitrogens with zero attached hydrogens (tertiary/aromatic N) is 1. The predicted octanol–water partition coefficient (Wildman–Crippen LogP) is 3.04. The Kier molecular flexibility index (Phi) is 5.80. The van der Waals surface area contributed by atoms with E-state index in [9.17, 15) is 22.8 Å². The summed E-state index contributed by atoms with van der Waals surface area (Å²) in [4.78, 5) is 24.2. The van der Waals surface area contributed by atoms with Gasteiger partial charge < -0.3 is 20.1 Å². The molecule has 0 aliphatic carbocycles. The van der Waals surface area contributed by atoms with Crippen molar-refractivity contribution in [3.63, 3.8) is 0 Å². The number of nitrogens with one attached hydrogen (secondary N) is 1. The first-order chi connectivity index (χ1) is 12.0. The first-order valence-corrected chi connectivity index (χ1v) is 8.07. The molecule has 1 heterocycles. The minimum Gasteiger partial charge on any atom is -0.481 e. The van der Waals surface area contributed by atoms with Crippen molar-refractivity contribution in [3.8, 4) is 0 Å². The van der Waals surface area contributed by atoms with E-state index < -0.39 is 35.4 Å². The Balaban J connectivity index is 2.14. The second kappa shape index (κ2) is 7.53. The second-order valence-electron chi connectivity index (χ2n) is 6.75. The second-order valence-corrected chi connectivity index (χ2v) is 6.75. The number of ether oxygens (including phenoxy) is 1. The molecule has 0 spiro atoms. The van der Waals surface area contributed by atoms with Crippen LogP contribution in [0.15, 0.2) is 24.3 Å². The maximum Gasteiger partial charge on any atom is 0.416 e. The van der Waals surface area contributed by atoms with Crippen molar-refractivity contribution in [1.29, 1.82) is 0 Å². The molecule has 0 radical (unpaired) electrons. The zero-order valence-corrected chi connectivity index (χ0v) is 14.5. The van der Waals surface area contributed by atoms with E-state index in [-0.39, 0.29) is 26.1 Å². The first kappa shape index (κ1) is 20.0. The van der Waals surface area contributed by atoms with Gasteiger partial charge in [0.1, 0.15) is 6.10 Å². The van der Waals surface area contributed by atoms with Crippen LogP contribution in [-0.2, 0) is 15.7 Å². The van der Waals surface area contributed by atoms with Crippen LogP contribution in [0.4, 0.5) is 18.0 Å². The van der Waals surface area contributed by atoms with E-state index in [4.69, 9.17) is 9.84 Å². The van der Waals surface area contributed by atoms with Crippen LogP contribution in [0.1, 0.15) is 37.5 Å². The SMILES string of the molecule is CC1(C)CN(C(=O)NCCC(=O)O)CC(c2cccc(C(F)(F)F)c2)O1. The highest BCUT2D eigenvalue weighted by molar-refractivity contribution is 5.75. The van der Waals surface area contributed by atoms with Gasteiger partial charge in [-0.3, -0.25) is 4.79 Å². The largest absolute Gasteiger partial charge is 0.481 e. The third-order valence-electron chi connectivity index (χ3n) is 3.91. The highest BCUT2D eigenvalue weighted by atomic mass is 19.4. The molecule has 1 saturated heterocycles. The zero-order chi connectivity index (χ0) is 19.5. The maximum absolute atomic E-state index is 12.9. The van der Waals surface area contributed by atoms with Gasteiger partial charge in [-0.1, -0.05) is 12.1 Å². The molecule has 1 atom stereocenters. The van der Waals surface area contributed by atoms with Crippen LogP contribution in [0.25, 0.3) is 0 Å². The number of amides is 2. The molecule has 2 N–H and O–H groups in total. The summed E-state index contributed by atoms with van der Waals surface area (Å²) >= 11 is 0. The topological polar surface area (TPSA) is 78.9 Å². The third-order valence-corrected chi connectivity index (χ3v) is 3.91. The van der Waals surface area contributed by atoms with Crippen LogP contribution in [-0.4, -0.2) is 47.2 Å². The monoisotopic (exact) mass is 374 g/mol. The number of carbonyl (C=O) groups excluding carboxylic acids is 1. The Morgan fingerprint density at radius 2 is 2.08 bits per heavy atom. The molecule has 144 valence electrons. The lowest BCUT2D eigenvalue weighted by atomic mass is 10.00. The average Bonchev–Trinajstić information content (AvgIpc) is 2.52. The Labute approximate surface area is 148 Å². The molecule has 0 saturated carbocycles. The molecule has 1 aromatic carbocycles. The van der Waals surface area contributed by atoms with Gasteiger partial charge in [0.05, 0.1) is 30.7 Å². The average molecular weight is 374 g/mol. The molecule has 6 nitrogen and oxygen atoms in total. The quantitative estimate of drug-likeness (QED) is 0.849. The summed E-state index contributed by atoms with van der Waals surface area (Å²) in [5, 5.41) is 11.1. The Morgan fingerprint density at radius 3 is 2.69 bits per heavy atom.